The van der Waals surface area contributed by atoms with E-state index in [1.807, 2.05) is 0 Å². The van der Waals surface area contributed by atoms with Gasteiger partial charge < -0.3 is 15.3 Å². The average Bonchev–Trinajstić information content (AvgIpc) is 1.87. The zero-order valence-corrected chi connectivity index (χ0v) is 5.16. The summed E-state index contributed by atoms with van der Waals surface area (Å²) in [5.41, 5.74) is 5.16. The summed E-state index contributed by atoms with van der Waals surface area (Å²) in [5.74, 6) is 4.11. The van der Waals surface area contributed by atoms with Crippen molar-refractivity contribution >= 4 is 5.97 Å². The lowest BCUT2D eigenvalue weighted by atomic mass is 10.3. The van der Waals surface area contributed by atoms with E-state index >= 15 is 0 Å². The standard InChI is InChI=1S/C4H10N2O3/c1-8-4(7)3(5)2-9-6/h3H,2,5-6H2,1H3/t3-/m1/s1. The quantitative estimate of drug-likeness (QED) is 0.357. The molecule has 0 aromatic rings. The van der Waals surface area contributed by atoms with Crippen LogP contribution < -0.4 is 11.6 Å². The molecule has 54 valence electrons. The molecule has 0 unspecified atom stereocenters. The van der Waals surface area contributed by atoms with Crippen molar-refractivity contribution in [2.45, 2.75) is 6.04 Å². The minimum atomic E-state index is -0.778. The maximum atomic E-state index is 10.4. The molecule has 0 aromatic heterocycles. The number of rotatable bonds is 3. The predicted molar refractivity (Wildman–Crippen MR) is 30.1 cm³/mol. The highest BCUT2D eigenvalue weighted by Gasteiger charge is 2.12. The Labute approximate surface area is 52.9 Å². The van der Waals surface area contributed by atoms with Gasteiger partial charge in [0.1, 0.15) is 6.04 Å². The van der Waals surface area contributed by atoms with Crippen molar-refractivity contribution in [1.82, 2.24) is 0 Å². The van der Waals surface area contributed by atoms with Gasteiger partial charge in [0.2, 0.25) is 0 Å². The second-order valence-corrected chi connectivity index (χ2v) is 1.46. The first-order chi connectivity index (χ1) is 4.22. The molecule has 0 saturated heterocycles. The summed E-state index contributed by atoms with van der Waals surface area (Å²) in [6.07, 6.45) is 0. The van der Waals surface area contributed by atoms with Crippen molar-refractivity contribution in [1.29, 1.82) is 0 Å². The van der Waals surface area contributed by atoms with Gasteiger partial charge in [0, 0.05) is 0 Å². The van der Waals surface area contributed by atoms with Gasteiger partial charge in [0.15, 0.2) is 0 Å². The fourth-order valence-corrected chi connectivity index (χ4v) is 0.323. The molecular formula is C4H10N2O3. The molecule has 0 aliphatic heterocycles. The van der Waals surface area contributed by atoms with Gasteiger partial charge in [-0.05, 0) is 0 Å². The molecule has 0 aliphatic rings. The number of carbonyl (C=O) groups is 1. The van der Waals surface area contributed by atoms with E-state index in [9.17, 15) is 4.79 Å². The van der Waals surface area contributed by atoms with Gasteiger partial charge in [-0.15, -0.1) is 0 Å². The summed E-state index contributed by atoms with van der Waals surface area (Å²) in [4.78, 5) is 14.5. The van der Waals surface area contributed by atoms with Gasteiger partial charge >= 0.3 is 5.97 Å². The summed E-state index contributed by atoms with van der Waals surface area (Å²) in [6, 6.07) is -0.778. The molecule has 0 radical (unpaired) electrons. The van der Waals surface area contributed by atoms with E-state index in [1.54, 1.807) is 0 Å². The highest BCUT2D eigenvalue weighted by Crippen LogP contribution is 1.81. The highest BCUT2D eigenvalue weighted by molar-refractivity contribution is 5.75. The molecule has 0 fully saturated rings. The largest absolute Gasteiger partial charge is 0.468 e. The van der Waals surface area contributed by atoms with E-state index in [0.717, 1.165) is 0 Å². The van der Waals surface area contributed by atoms with Crippen LogP contribution in [-0.2, 0) is 14.4 Å². The topological polar surface area (TPSA) is 87.6 Å². The van der Waals surface area contributed by atoms with Crippen LogP contribution in [0.3, 0.4) is 0 Å². The van der Waals surface area contributed by atoms with Crippen molar-refractivity contribution < 1.29 is 14.4 Å². The molecule has 4 N–H and O–H groups in total. The lowest BCUT2D eigenvalue weighted by Crippen LogP contribution is -2.36. The van der Waals surface area contributed by atoms with Crippen molar-refractivity contribution in [2.75, 3.05) is 13.7 Å². The summed E-state index contributed by atoms with van der Waals surface area (Å²) >= 11 is 0. The van der Waals surface area contributed by atoms with Gasteiger partial charge in [0.25, 0.3) is 0 Å². The Morgan fingerprint density at radius 3 is 2.67 bits per heavy atom. The Balaban J connectivity index is 3.45. The molecule has 0 amide bonds. The summed E-state index contributed by atoms with van der Waals surface area (Å²) < 4.78 is 4.27. The van der Waals surface area contributed by atoms with Crippen LogP contribution in [0.25, 0.3) is 0 Å². The van der Waals surface area contributed by atoms with Crippen LogP contribution in [0.1, 0.15) is 0 Å². The molecule has 1 atom stereocenters. The summed E-state index contributed by atoms with van der Waals surface area (Å²) in [5, 5.41) is 0. The van der Waals surface area contributed by atoms with Gasteiger partial charge in [-0.25, -0.2) is 5.90 Å². The van der Waals surface area contributed by atoms with Crippen molar-refractivity contribution in [3.8, 4) is 0 Å². The van der Waals surface area contributed by atoms with E-state index < -0.39 is 12.0 Å². The van der Waals surface area contributed by atoms with E-state index in [-0.39, 0.29) is 6.61 Å². The molecule has 0 rings (SSSR count). The van der Waals surface area contributed by atoms with Crippen LogP contribution in [0.5, 0.6) is 0 Å². The van der Waals surface area contributed by atoms with E-state index in [0.29, 0.717) is 0 Å². The number of nitrogens with two attached hydrogens (primary N) is 2. The number of methoxy groups -OCH3 is 1. The van der Waals surface area contributed by atoms with Gasteiger partial charge in [0.05, 0.1) is 13.7 Å². The third kappa shape index (κ3) is 3.02. The van der Waals surface area contributed by atoms with Crippen molar-refractivity contribution in [3.05, 3.63) is 0 Å². The second-order valence-electron chi connectivity index (χ2n) is 1.46. The van der Waals surface area contributed by atoms with Crippen LogP contribution in [0.4, 0.5) is 0 Å². The molecular weight excluding hydrogens is 124 g/mol. The normalized spacial score (nSPS) is 12.8. The van der Waals surface area contributed by atoms with Crippen LogP contribution >= 0.6 is 0 Å². The Morgan fingerprint density at radius 2 is 2.33 bits per heavy atom. The summed E-state index contributed by atoms with van der Waals surface area (Å²) in [7, 11) is 1.25. The van der Waals surface area contributed by atoms with Crippen LogP contribution in [-0.4, -0.2) is 25.7 Å². The summed E-state index contributed by atoms with van der Waals surface area (Å²) in [6.45, 7) is -0.0212. The molecule has 9 heavy (non-hydrogen) atoms. The number of esters is 1. The maximum absolute atomic E-state index is 10.4. The molecule has 0 saturated carbocycles. The Kier molecular flexibility index (Phi) is 3.94. The fraction of sp³-hybridized carbons (Fsp3) is 0.750. The number of hydrogen-bond donors (Lipinski definition) is 2. The zero-order valence-electron chi connectivity index (χ0n) is 5.16. The Bertz CT molecular complexity index is 95.8. The molecule has 5 heteroatoms. The smallest absolute Gasteiger partial charge is 0.325 e. The highest BCUT2D eigenvalue weighted by atomic mass is 16.6. The maximum Gasteiger partial charge on any atom is 0.325 e. The van der Waals surface area contributed by atoms with Crippen LogP contribution in [0, 0.1) is 0 Å². The first-order valence-electron chi connectivity index (χ1n) is 2.37. The second kappa shape index (κ2) is 4.25. The third-order valence-electron chi connectivity index (χ3n) is 0.780. The number of hydrogen-bond acceptors (Lipinski definition) is 5. The minimum Gasteiger partial charge on any atom is -0.468 e. The van der Waals surface area contributed by atoms with Gasteiger partial charge in [-0.2, -0.15) is 0 Å². The Morgan fingerprint density at radius 1 is 1.78 bits per heavy atom. The van der Waals surface area contributed by atoms with Crippen molar-refractivity contribution in [2.24, 2.45) is 11.6 Å². The molecule has 0 aromatic carbocycles. The third-order valence-corrected chi connectivity index (χ3v) is 0.780. The predicted octanol–water partition coefficient (Wildman–Crippen LogP) is -1.62. The molecule has 5 nitrogen and oxygen atoms in total. The van der Waals surface area contributed by atoms with Gasteiger partial charge in [-0.1, -0.05) is 0 Å². The van der Waals surface area contributed by atoms with E-state index in [4.69, 9.17) is 5.73 Å². The van der Waals surface area contributed by atoms with Crippen LogP contribution in [0.15, 0.2) is 0 Å². The lowest BCUT2D eigenvalue weighted by Gasteiger charge is -2.05. The average molecular weight is 134 g/mol. The van der Waals surface area contributed by atoms with E-state index in [2.05, 4.69) is 15.5 Å². The number of ether oxygens (including phenoxy) is 1. The van der Waals surface area contributed by atoms with Gasteiger partial charge in [-0.3, -0.25) is 4.79 Å². The molecule has 0 heterocycles. The number of carbonyl (C=O) groups excluding carboxylic acids is 1. The SMILES string of the molecule is COC(=O)[C@H](N)CON. The van der Waals surface area contributed by atoms with Crippen molar-refractivity contribution in [3.63, 3.8) is 0 Å². The molecule has 0 aliphatic carbocycles. The molecule has 0 spiro atoms. The zero-order chi connectivity index (χ0) is 7.28. The monoisotopic (exact) mass is 134 g/mol. The van der Waals surface area contributed by atoms with Crippen LogP contribution in [0.2, 0.25) is 0 Å². The first kappa shape index (κ1) is 8.35. The minimum absolute atomic E-state index is 0.0212. The molecule has 0 bridgehead atoms. The van der Waals surface area contributed by atoms with E-state index in [1.165, 1.54) is 7.11 Å². The first-order valence-corrected chi connectivity index (χ1v) is 2.37. The fourth-order valence-electron chi connectivity index (χ4n) is 0.323. The Hall–Kier alpha value is -0.650. The lowest BCUT2D eigenvalue weighted by molar-refractivity contribution is -0.143.